The molecule has 2 amide bonds. The molecule has 0 aromatic carbocycles. The minimum atomic E-state index is -0.351. The molecular formula is C13H22N4O3. The Morgan fingerprint density at radius 3 is 2.95 bits per heavy atom. The molecule has 2 unspecified atom stereocenters. The number of aryl methyl sites for hydroxylation is 1. The van der Waals surface area contributed by atoms with Crippen LogP contribution in [0.15, 0.2) is 4.52 Å². The molecule has 0 aliphatic heterocycles. The third-order valence-corrected chi connectivity index (χ3v) is 3.91. The van der Waals surface area contributed by atoms with Gasteiger partial charge in [-0.2, -0.15) is 4.98 Å². The number of carbonyl (C=O) groups excluding carboxylic acids is 1. The molecule has 7 heteroatoms. The summed E-state index contributed by atoms with van der Waals surface area (Å²) < 4.78 is 4.82. The van der Waals surface area contributed by atoms with Crippen molar-refractivity contribution in [1.29, 1.82) is 0 Å². The predicted molar refractivity (Wildman–Crippen MR) is 71.9 cm³/mol. The van der Waals surface area contributed by atoms with E-state index in [9.17, 15) is 9.90 Å². The Hall–Kier alpha value is -1.63. The molecule has 2 atom stereocenters. The zero-order valence-electron chi connectivity index (χ0n) is 12.0. The Bertz CT molecular complexity index is 462. The normalized spacial score (nSPS) is 26.2. The zero-order valence-corrected chi connectivity index (χ0v) is 12.0. The van der Waals surface area contributed by atoms with E-state index in [2.05, 4.69) is 20.8 Å². The van der Waals surface area contributed by atoms with Crippen molar-refractivity contribution in [2.45, 2.75) is 52.2 Å². The summed E-state index contributed by atoms with van der Waals surface area (Å²) in [6.07, 6.45) is 3.54. The van der Waals surface area contributed by atoms with E-state index in [0.29, 0.717) is 18.3 Å². The van der Waals surface area contributed by atoms with Crippen LogP contribution < -0.4 is 10.6 Å². The molecule has 20 heavy (non-hydrogen) atoms. The van der Waals surface area contributed by atoms with Gasteiger partial charge in [-0.05, 0) is 12.8 Å². The third-order valence-electron chi connectivity index (χ3n) is 3.91. The zero-order chi connectivity index (χ0) is 14.6. The first-order chi connectivity index (χ1) is 9.49. The summed E-state index contributed by atoms with van der Waals surface area (Å²) in [7, 11) is 0. The van der Waals surface area contributed by atoms with Crippen molar-refractivity contribution < 1.29 is 14.4 Å². The number of aliphatic hydroxyl groups excluding tert-OH is 1. The van der Waals surface area contributed by atoms with Crippen molar-refractivity contribution >= 4 is 6.03 Å². The molecule has 1 aromatic rings. The lowest BCUT2D eigenvalue weighted by molar-refractivity contribution is 0.00308. The lowest BCUT2D eigenvalue weighted by Gasteiger charge is -2.38. The van der Waals surface area contributed by atoms with Crippen molar-refractivity contribution in [2.24, 2.45) is 5.41 Å². The van der Waals surface area contributed by atoms with Crippen LogP contribution in [0.3, 0.4) is 0 Å². The average Bonchev–Trinajstić information content (AvgIpc) is 2.84. The van der Waals surface area contributed by atoms with Gasteiger partial charge in [-0.15, -0.1) is 0 Å². The van der Waals surface area contributed by atoms with Crippen LogP contribution in [-0.2, 0) is 6.54 Å². The molecule has 0 saturated heterocycles. The Labute approximate surface area is 118 Å². The number of amides is 2. The van der Waals surface area contributed by atoms with Crippen LogP contribution in [-0.4, -0.2) is 33.9 Å². The van der Waals surface area contributed by atoms with Gasteiger partial charge in [0, 0.05) is 18.9 Å². The highest BCUT2D eigenvalue weighted by molar-refractivity contribution is 5.73. The highest BCUT2D eigenvalue weighted by Crippen LogP contribution is 2.35. The number of nitrogens with one attached hydrogen (secondary N) is 2. The number of aliphatic hydroxyl groups is 1. The first-order valence-electron chi connectivity index (χ1n) is 6.98. The van der Waals surface area contributed by atoms with Crippen molar-refractivity contribution in [3.63, 3.8) is 0 Å². The van der Waals surface area contributed by atoms with Gasteiger partial charge in [0.05, 0.1) is 12.6 Å². The molecule has 1 aromatic heterocycles. The molecule has 1 saturated carbocycles. The van der Waals surface area contributed by atoms with Gasteiger partial charge in [-0.25, -0.2) is 4.79 Å². The van der Waals surface area contributed by atoms with Gasteiger partial charge in [0.2, 0.25) is 5.89 Å². The van der Waals surface area contributed by atoms with E-state index in [0.717, 1.165) is 25.7 Å². The Balaban J connectivity index is 1.74. The third kappa shape index (κ3) is 3.69. The molecule has 7 nitrogen and oxygen atoms in total. The molecule has 1 aliphatic rings. The molecule has 2 rings (SSSR count). The molecule has 3 N–H and O–H groups in total. The van der Waals surface area contributed by atoms with E-state index in [-0.39, 0.29) is 24.1 Å². The summed E-state index contributed by atoms with van der Waals surface area (Å²) in [6, 6.07) is -0.286. The second-order valence-corrected chi connectivity index (χ2v) is 5.68. The highest BCUT2D eigenvalue weighted by Gasteiger charge is 2.35. The fourth-order valence-electron chi connectivity index (χ4n) is 2.50. The summed E-state index contributed by atoms with van der Waals surface area (Å²) in [6.45, 7) is 4.40. The summed E-state index contributed by atoms with van der Waals surface area (Å²) >= 11 is 0. The standard InChI is InChI=1S/C13H22N4O3/c1-9-16-11(17-20-9)7-14-12(19)15-8-13(2)6-4-3-5-10(13)18/h10,18H,3-8H2,1-2H3,(H2,14,15,19). The second-order valence-electron chi connectivity index (χ2n) is 5.68. The fraction of sp³-hybridized carbons (Fsp3) is 0.769. The number of hydrogen-bond donors (Lipinski definition) is 3. The fourth-order valence-corrected chi connectivity index (χ4v) is 2.50. The molecule has 112 valence electrons. The molecule has 1 aliphatic carbocycles. The maximum absolute atomic E-state index is 11.7. The lowest BCUT2D eigenvalue weighted by Crippen LogP contribution is -2.47. The SMILES string of the molecule is Cc1nc(CNC(=O)NCC2(C)CCCCC2O)no1. The van der Waals surface area contributed by atoms with Gasteiger partial charge in [-0.1, -0.05) is 24.9 Å². The van der Waals surface area contributed by atoms with Crippen molar-refractivity contribution in [1.82, 2.24) is 20.8 Å². The van der Waals surface area contributed by atoms with E-state index in [1.54, 1.807) is 6.92 Å². The first kappa shape index (κ1) is 14.8. The number of rotatable bonds is 4. The van der Waals surface area contributed by atoms with Crippen LogP contribution in [0.1, 0.15) is 44.3 Å². The Morgan fingerprint density at radius 1 is 1.50 bits per heavy atom. The summed E-state index contributed by atoms with van der Waals surface area (Å²) in [5, 5.41) is 19.2. The maximum Gasteiger partial charge on any atom is 0.315 e. The van der Waals surface area contributed by atoms with Crippen LogP contribution in [0.2, 0.25) is 0 Å². The van der Waals surface area contributed by atoms with E-state index in [1.165, 1.54) is 0 Å². The van der Waals surface area contributed by atoms with E-state index >= 15 is 0 Å². The molecule has 0 radical (unpaired) electrons. The van der Waals surface area contributed by atoms with Crippen molar-refractivity contribution in [3.8, 4) is 0 Å². The number of aromatic nitrogens is 2. The van der Waals surface area contributed by atoms with Gasteiger partial charge in [0.15, 0.2) is 5.82 Å². The van der Waals surface area contributed by atoms with Gasteiger partial charge < -0.3 is 20.3 Å². The van der Waals surface area contributed by atoms with Gasteiger partial charge in [0.1, 0.15) is 0 Å². The minimum Gasteiger partial charge on any atom is -0.392 e. The monoisotopic (exact) mass is 282 g/mol. The van der Waals surface area contributed by atoms with E-state index in [1.807, 2.05) is 6.92 Å². The highest BCUT2D eigenvalue weighted by atomic mass is 16.5. The molecule has 1 heterocycles. The maximum atomic E-state index is 11.7. The first-order valence-corrected chi connectivity index (χ1v) is 6.98. The Morgan fingerprint density at radius 2 is 2.30 bits per heavy atom. The quantitative estimate of drug-likeness (QED) is 0.768. The number of nitrogens with zero attached hydrogens (tertiary/aromatic N) is 2. The van der Waals surface area contributed by atoms with E-state index < -0.39 is 0 Å². The van der Waals surface area contributed by atoms with Gasteiger partial charge >= 0.3 is 6.03 Å². The van der Waals surface area contributed by atoms with Crippen LogP contribution in [0.4, 0.5) is 4.79 Å². The van der Waals surface area contributed by atoms with Crippen LogP contribution >= 0.6 is 0 Å². The molecule has 0 bridgehead atoms. The summed E-state index contributed by atoms with van der Waals surface area (Å²) in [5.41, 5.74) is -0.238. The topological polar surface area (TPSA) is 100 Å². The minimum absolute atomic E-state index is 0.225. The predicted octanol–water partition coefficient (Wildman–Crippen LogP) is 1.12. The summed E-state index contributed by atoms with van der Waals surface area (Å²) in [4.78, 5) is 15.7. The van der Waals surface area contributed by atoms with Gasteiger partial charge in [0.25, 0.3) is 0 Å². The largest absolute Gasteiger partial charge is 0.392 e. The number of carbonyl (C=O) groups is 1. The van der Waals surface area contributed by atoms with Gasteiger partial charge in [-0.3, -0.25) is 0 Å². The van der Waals surface area contributed by atoms with Crippen LogP contribution in [0.5, 0.6) is 0 Å². The molecular weight excluding hydrogens is 260 g/mol. The molecule has 0 spiro atoms. The van der Waals surface area contributed by atoms with Crippen molar-refractivity contribution in [2.75, 3.05) is 6.54 Å². The lowest BCUT2D eigenvalue weighted by atomic mass is 9.73. The van der Waals surface area contributed by atoms with Crippen molar-refractivity contribution in [3.05, 3.63) is 11.7 Å². The van der Waals surface area contributed by atoms with Crippen LogP contribution in [0, 0.1) is 12.3 Å². The Kier molecular flexibility index (Phi) is 4.59. The average molecular weight is 282 g/mol. The summed E-state index contributed by atoms with van der Waals surface area (Å²) in [5.74, 6) is 0.918. The van der Waals surface area contributed by atoms with E-state index in [4.69, 9.17) is 4.52 Å². The second kappa shape index (κ2) is 6.21. The van der Waals surface area contributed by atoms with Crippen LogP contribution in [0.25, 0.3) is 0 Å². The number of urea groups is 1. The molecule has 1 fully saturated rings. The number of hydrogen-bond acceptors (Lipinski definition) is 5. The smallest absolute Gasteiger partial charge is 0.315 e.